The van der Waals surface area contributed by atoms with Crippen molar-refractivity contribution >= 4 is 45.6 Å². The maximum absolute atomic E-state index is 14.1. The van der Waals surface area contributed by atoms with Crippen molar-refractivity contribution in [3.05, 3.63) is 102 Å². The van der Waals surface area contributed by atoms with Gasteiger partial charge in [0.25, 0.3) is 0 Å². The van der Waals surface area contributed by atoms with Crippen LogP contribution in [0.2, 0.25) is 0 Å². The molecule has 15 nitrogen and oxygen atoms in total. The molecule has 3 heterocycles. The van der Waals surface area contributed by atoms with E-state index in [2.05, 4.69) is 55.9 Å². The third-order valence-corrected chi connectivity index (χ3v) is 12.1. The molecule has 3 atom stereocenters. The van der Waals surface area contributed by atoms with Gasteiger partial charge in [0, 0.05) is 37.1 Å². The number of hydrogen-bond acceptors (Lipinski definition) is 9. The zero-order chi connectivity index (χ0) is 45.8. The van der Waals surface area contributed by atoms with Crippen molar-refractivity contribution < 1.29 is 33.4 Å². The van der Waals surface area contributed by atoms with Crippen LogP contribution in [0.25, 0.3) is 44.2 Å². The summed E-state index contributed by atoms with van der Waals surface area (Å²) in [6.45, 7) is 10.0. The van der Waals surface area contributed by atoms with Gasteiger partial charge in [0.2, 0.25) is 17.7 Å². The molecule has 0 bridgehead atoms. The van der Waals surface area contributed by atoms with Gasteiger partial charge in [-0.3, -0.25) is 14.4 Å². The van der Waals surface area contributed by atoms with Gasteiger partial charge in [-0.25, -0.2) is 14.8 Å². The Morgan fingerprint density at radius 3 is 2.38 bits per heavy atom. The molecule has 340 valence electrons. The van der Waals surface area contributed by atoms with Crippen LogP contribution in [0, 0.1) is 17.8 Å². The van der Waals surface area contributed by atoms with Crippen LogP contribution < -0.4 is 15.4 Å². The lowest BCUT2D eigenvalue weighted by Gasteiger charge is -2.30. The first-order valence-corrected chi connectivity index (χ1v) is 22.5. The Labute approximate surface area is 378 Å². The summed E-state index contributed by atoms with van der Waals surface area (Å²) < 4.78 is 16.6. The molecule has 1 aliphatic heterocycles. The summed E-state index contributed by atoms with van der Waals surface area (Å²) >= 11 is 0. The second kappa shape index (κ2) is 19.6. The minimum absolute atomic E-state index is 0.0223. The maximum Gasteiger partial charge on any atom is 0.407 e. The van der Waals surface area contributed by atoms with E-state index in [-0.39, 0.29) is 48.6 Å². The number of aromatic amines is 2. The van der Waals surface area contributed by atoms with E-state index < -0.39 is 18.2 Å². The maximum atomic E-state index is 14.1. The second-order valence-corrected chi connectivity index (χ2v) is 17.6. The van der Waals surface area contributed by atoms with Gasteiger partial charge in [0.05, 0.1) is 49.7 Å². The normalized spacial score (nSPS) is 14.5. The third kappa shape index (κ3) is 10.00. The average molecular weight is 883 g/mol. The fourth-order valence-corrected chi connectivity index (χ4v) is 8.63. The number of imidazole rings is 2. The molecule has 0 spiro atoms. The summed E-state index contributed by atoms with van der Waals surface area (Å²) in [6, 6.07) is 22.4. The van der Waals surface area contributed by atoms with Gasteiger partial charge in [0.1, 0.15) is 36.1 Å². The van der Waals surface area contributed by atoms with Crippen molar-refractivity contribution in [1.29, 1.82) is 0 Å². The van der Waals surface area contributed by atoms with Crippen LogP contribution in [0.5, 0.6) is 5.75 Å². The fraction of sp³-hybridized carbons (Fsp3) is 0.400. The Hall–Kier alpha value is -6.74. The molecule has 1 aliphatic carbocycles. The number of H-pyrrole nitrogens is 2. The number of alkyl carbamates (subject to hydrolysis) is 1. The molecule has 1 unspecified atom stereocenters. The zero-order valence-electron chi connectivity index (χ0n) is 37.9. The number of carbonyl (C=O) groups is 4. The van der Waals surface area contributed by atoms with Crippen molar-refractivity contribution in [3.63, 3.8) is 0 Å². The molecule has 6 aromatic rings. The highest BCUT2D eigenvalue weighted by molar-refractivity contribution is 6.07. The van der Waals surface area contributed by atoms with Crippen LogP contribution >= 0.6 is 0 Å². The van der Waals surface area contributed by atoms with Crippen LogP contribution in [0.4, 0.5) is 4.79 Å². The highest BCUT2D eigenvalue weighted by atomic mass is 16.5. The van der Waals surface area contributed by atoms with E-state index in [1.54, 1.807) is 23.1 Å². The fourth-order valence-electron chi connectivity index (χ4n) is 8.63. The quantitative estimate of drug-likeness (QED) is 0.0673. The summed E-state index contributed by atoms with van der Waals surface area (Å²) in [7, 11) is 2.91. The molecule has 0 saturated heterocycles. The van der Waals surface area contributed by atoms with Gasteiger partial charge in [-0.1, -0.05) is 76.2 Å². The molecule has 4 aromatic carbocycles. The third-order valence-electron chi connectivity index (χ3n) is 12.1. The number of carbonyl (C=O) groups excluding carboxylic acids is 4. The number of hydrogen-bond donors (Lipinski definition) is 4. The van der Waals surface area contributed by atoms with Crippen LogP contribution in [0.1, 0.15) is 75.8 Å². The molecule has 15 heteroatoms. The van der Waals surface area contributed by atoms with Crippen molar-refractivity contribution in [2.45, 2.75) is 78.7 Å². The molecular weight excluding hydrogens is 825 g/mol. The second-order valence-electron chi connectivity index (χ2n) is 17.6. The van der Waals surface area contributed by atoms with Gasteiger partial charge in [-0.15, -0.1) is 0 Å². The van der Waals surface area contributed by atoms with E-state index in [9.17, 15) is 19.2 Å². The van der Waals surface area contributed by atoms with Gasteiger partial charge in [-0.05, 0) is 83.0 Å². The van der Waals surface area contributed by atoms with Gasteiger partial charge in [0.15, 0.2) is 0 Å². The Balaban J connectivity index is 1.01. The Bertz CT molecular complexity index is 2690. The van der Waals surface area contributed by atoms with E-state index in [0.29, 0.717) is 38.0 Å². The minimum atomic E-state index is -0.784. The van der Waals surface area contributed by atoms with Crippen LogP contribution in [-0.4, -0.2) is 93.5 Å². The smallest absolute Gasteiger partial charge is 0.407 e. The van der Waals surface area contributed by atoms with Crippen molar-refractivity contribution in [2.75, 3.05) is 33.9 Å². The molecule has 4 N–H and O–H groups in total. The van der Waals surface area contributed by atoms with Crippen molar-refractivity contribution in [2.24, 2.45) is 17.8 Å². The molecule has 1 saturated carbocycles. The van der Waals surface area contributed by atoms with Crippen LogP contribution in [0.3, 0.4) is 0 Å². The molecule has 2 aromatic heterocycles. The van der Waals surface area contributed by atoms with Gasteiger partial charge >= 0.3 is 6.09 Å². The first kappa shape index (κ1) is 44.9. The standard InChI is InChI=1S/C50H58N8O7/c1-7-19-57(49(61)45(31-11-9-8-10-12-31)55-47(59)32-13-14-32)25-42-51-23-40(53-42)34-15-17-36-35(20-34)28-65-41-22-37-33(21-38(36)41)16-18-39-46(37)54-43(52-39)26-58(24-30(4)27-63-5)48(60)44(29(2)3)56-50(62)64-6/h8-12,15-18,20-23,29-30,32,44-45H,7,13-14,19,24-28H2,1-6H3,(H,51,53)(H,52,54)(H,55,59)(H,56,62)/t30-,44?,45+/m0/s1. The number of nitrogens with zero attached hydrogens (tertiary/aromatic N) is 4. The highest BCUT2D eigenvalue weighted by Crippen LogP contribution is 2.42. The number of benzene rings is 4. The first-order valence-electron chi connectivity index (χ1n) is 22.5. The largest absolute Gasteiger partial charge is 0.488 e. The van der Waals surface area contributed by atoms with Crippen LogP contribution in [-0.2, 0) is 43.6 Å². The summed E-state index contributed by atoms with van der Waals surface area (Å²) in [5, 5.41) is 7.65. The lowest BCUT2D eigenvalue weighted by molar-refractivity contribution is -0.137. The van der Waals surface area contributed by atoms with Gasteiger partial charge < -0.3 is 44.6 Å². The summed E-state index contributed by atoms with van der Waals surface area (Å²) in [6.07, 6.45) is 3.59. The van der Waals surface area contributed by atoms with Crippen LogP contribution in [0.15, 0.2) is 79.0 Å². The average Bonchev–Trinajstić information content (AvgIpc) is 3.92. The Morgan fingerprint density at radius 1 is 0.877 bits per heavy atom. The molecule has 0 radical (unpaired) electrons. The predicted octanol–water partition coefficient (Wildman–Crippen LogP) is 7.66. The predicted molar refractivity (Wildman–Crippen MR) is 247 cm³/mol. The molecule has 2 aliphatic rings. The molecule has 65 heavy (non-hydrogen) atoms. The highest BCUT2D eigenvalue weighted by Gasteiger charge is 2.35. The number of fused-ring (bicyclic) bond motifs is 6. The van der Waals surface area contributed by atoms with E-state index >= 15 is 0 Å². The monoisotopic (exact) mass is 882 g/mol. The first-order chi connectivity index (χ1) is 31.4. The van der Waals surface area contributed by atoms with E-state index in [1.807, 2.05) is 70.2 Å². The summed E-state index contributed by atoms with van der Waals surface area (Å²) in [5.41, 5.74) is 7.19. The summed E-state index contributed by atoms with van der Waals surface area (Å²) in [5.74, 6) is 1.37. The number of amides is 4. The number of ether oxygens (including phenoxy) is 3. The lowest BCUT2D eigenvalue weighted by Crippen LogP contribution is -2.52. The zero-order valence-corrected chi connectivity index (χ0v) is 37.9. The topological polar surface area (TPSA) is 184 Å². The van der Waals surface area contributed by atoms with E-state index in [4.69, 9.17) is 19.2 Å². The number of aromatic nitrogens is 4. The number of rotatable bonds is 18. The molecule has 4 amide bonds. The Kier molecular flexibility index (Phi) is 13.5. The van der Waals surface area contributed by atoms with Crippen molar-refractivity contribution in [1.82, 2.24) is 40.4 Å². The Morgan fingerprint density at radius 2 is 1.66 bits per heavy atom. The number of nitrogens with one attached hydrogen (secondary N) is 4. The summed E-state index contributed by atoms with van der Waals surface area (Å²) in [4.78, 5) is 73.2. The minimum Gasteiger partial charge on any atom is -0.488 e. The van der Waals surface area contributed by atoms with E-state index in [1.165, 1.54) is 7.11 Å². The molecule has 8 rings (SSSR count). The SMILES string of the molecule is CCCN(Cc1ncc(-c2ccc3c(c2)COc2cc4c(ccc5[nH]c(CN(C[C@H](C)COC)C(=O)C(NC(=O)OC)C(C)C)nc54)cc2-3)[nH]1)C(=O)[C@H](NC(=O)C1CC1)c1ccccc1. The lowest BCUT2D eigenvalue weighted by atomic mass is 9.92. The molecule has 1 fully saturated rings. The number of methoxy groups -OCH3 is 2. The van der Waals surface area contributed by atoms with Gasteiger partial charge in [-0.2, -0.15) is 0 Å². The van der Waals surface area contributed by atoms with E-state index in [0.717, 1.165) is 80.3 Å². The van der Waals surface area contributed by atoms with Crippen molar-refractivity contribution in [3.8, 4) is 28.1 Å². The molecular formula is C50H58N8O7.